The first-order chi connectivity index (χ1) is 12.6. The van der Waals surface area contributed by atoms with E-state index >= 15 is 0 Å². The minimum absolute atomic E-state index is 0.122. The molecule has 130 valence electrons. The lowest BCUT2D eigenvalue weighted by Gasteiger charge is -2.17. The first-order valence-corrected chi connectivity index (χ1v) is 8.87. The molecule has 3 aromatic rings. The molecule has 0 saturated carbocycles. The Morgan fingerprint density at radius 2 is 1.69 bits per heavy atom. The fourth-order valence-electron chi connectivity index (χ4n) is 2.33. The second kappa shape index (κ2) is 8.22. The van der Waals surface area contributed by atoms with Crippen molar-refractivity contribution in [3.8, 4) is 0 Å². The van der Waals surface area contributed by atoms with Crippen LogP contribution in [0.4, 0.5) is 16.5 Å². The minimum Gasteiger partial charge on any atom is -0.323 e. The van der Waals surface area contributed by atoms with E-state index in [0.717, 1.165) is 11.4 Å². The Morgan fingerprint density at radius 1 is 1.04 bits per heavy atom. The van der Waals surface area contributed by atoms with Crippen LogP contribution in [0.15, 0.2) is 72.1 Å². The molecule has 1 N–H and O–H groups in total. The predicted octanol–water partition coefficient (Wildman–Crippen LogP) is 4.48. The second-order valence-electron chi connectivity index (χ2n) is 5.43. The molecule has 5 nitrogen and oxygen atoms in total. The van der Waals surface area contributed by atoms with Gasteiger partial charge in [-0.05, 0) is 30.3 Å². The summed E-state index contributed by atoms with van der Waals surface area (Å²) in [5.41, 5.74) is 2.11. The Morgan fingerprint density at radius 3 is 2.35 bits per heavy atom. The summed E-state index contributed by atoms with van der Waals surface area (Å²) in [6.45, 7) is 1.50. The zero-order valence-electron chi connectivity index (χ0n) is 14.1. The maximum atomic E-state index is 12.0. The van der Waals surface area contributed by atoms with Gasteiger partial charge in [0.1, 0.15) is 0 Å². The monoisotopic (exact) mass is 363 g/mol. The summed E-state index contributed by atoms with van der Waals surface area (Å²) in [4.78, 5) is 30.0. The van der Waals surface area contributed by atoms with Crippen molar-refractivity contribution in [2.75, 3.05) is 10.2 Å². The molecule has 0 aliphatic carbocycles. The van der Waals surface area contributed by atoms with Crippen LogP contribution >= 0.6 is 11.3 Å². The molecular formula is C20H17N3O2S. The number of hydrogen-bond donors (Lipinski definition) is 1. The lowest BCUT2D eigenvalue weighted by Crippen LogP contribution is -2.22. The molecule has 1 aromatic heterocycles. The van der Waals surface area contributed by atoms with E-state index in [0.29, 0.717) is 10.8 Å². The summed E-state index contributed by atoms with van der Waals surface area (Å²) in [6, 6.07) is 18.6. The average molecular weight is 363 g/mol. The van der Waals surface area contributed by atoms with E-state index in [1.54, 1.807) is 16.4 Å². The number of aromatic nitrogens is 1. The number of para-hydroxylation sites is 2. The van der Waals surface area contributed by atoms with Crippen LogP contribution in [0.3, 0.4) is 0 Å². The van der Waals surface area contributed by atoms with Gasteiger partial charge in [-0.15, -0.1) is 11.3 Å². The zero-order valence-corrected chi connectivity index (χ0v) is 14.9. The Hall–Kier alpha value is -3.25. The minimum atomic E-state index is -0.239. The van der Waals surface area contributed by atoms with Crippen molar-refractivity contribution in [3.05, 3.63) is 77.8 Å². The summed E-state index contributed by atoms with van der Waals surface area (Å²) in [7, 11) is 0. The lowest BCUT2D eigenvalue weighted by molar-refractivity contribution is -0.116. The zero-order chi connectivity index (χ0) is 18.4. The van der Waals surface area contributed by atoms with Gasteiger partial charge in [0.05, 0.1) is 11.4 Å². The summed E-state index contributed by atoms with van der Waals surface area (Å²) in [6.07, 6.45) is 3.05. The number of anilines is 3. The number of nitrogens with zero attached hydrogens (tertiary/aromatic N) is 2. The van der Waals surface area contributed by atoms with E-state index in [9.17, 15) is 9.59 Å². The number of amides is 2. The standard InChI is InChI=1S/C20H17N3O2S/c1-15(24)23(18-10-6-3-7-11-18)20-22-17(14-26-20)12-13-19(25)21-16-8-4-2-5-9-16/h2-14H,1H3,(H,21,25). The number of benzene rings is 2. The van der Waals surface area contributed by atoms with Crippen LogP contribution in [-0.2, 0) is 9.59 Å². The number of hydrogen-bond acceptors (Lipinski definition) is 4. The summed E-state index contributed by atoms with van der Waals surface area (Å²) in [5, 5.41) is 5.14. The second-order valence-corrected chi connectivity index (χ2v) is 6.27. The van der Waals surface area contributed by atoms with Gasteiger partial charge >= 0.3 is 0 Å². The van der Waals surface area contributed by atoms with Crippen molar-refractivity contribution >= 4 is 45.7 Å². The molecule has 0 bridgehead atoms. The maximum absolute atomic E-state index is 12.0. The molecule has 2 amide bonds. The molecule has 6 heteroatoms. The number of carbonyl (C=O) groups excluding carboxylic acids is 2. The number of rotatable bonds is 5. The van der Waals surface area contributed by atoms with Crippen LogP contribution in [-0.4, -0.2) is 16.8 Å². The third-order valence-electron chi connectivity index (χ3n) is 3.48. The number of carbonyl (C=O) groups is 2. The normalized spacial score (nSPS) is 10.7. The lowest BCUT2D eigenvalue weighted by atomic mass is 10.3. The maximum Gasteiger partial charge on any atom is 0.248 e. The largest absolute Gasteiger partial charge is 0.323 e. The van der Waals surface area contributed by atoms with Crippen molar-refractivity contribution < 1.29 is 9.59 Å². The Kier molecular flexibility index (Phi) is 5.56. The highest BCUT2D eigenvalue weighted by Crippen LogP contribution is 2.29. The molecule has 0 spiro atoms. The Balaban J connectivity index is 1.72. The topological polar surface area (TPSA) is 62.3 Å². The molecular weight excluding hydrogens is 346 g/mol. The molecule has 3 rings (SSSR count). The molecule has 0 fully saturated rings. The highest BCUT2D eigenvalue weighted by atomic mass is 32.1. The predicted molar refractivity (Wildman–Crippen MR) is 105 cm³/mol. The van der Waals surface area contributed by atoms with Gasteiger partial charge in [0.2, 0.25) is 11.8 Å². The van der Waals surface area contributed by atoms with Gasteiger partial charge in [0, 0.05) is 24.1 Å². The third-order valence-corrected chi connectivity index (χ3v) is 4.32. The van der Waals surface area contributed by atoms with Crippen LogP contribution in [0.1, 0.15) is 12.6 Å². The van der Waals surface area contributed by atoms with Crippen LogP contribution in [0.5, 0.6) is 0 Å². The first-order valence-electron chi connectivity index (χ1n) is 7.99. The Labute approximate surface area is 155 Å². The highest BCUT2D eigenvalue weighted by molar-refractivity contribution is 7.14. The SMILES string of the molecule is CC(=O)N(c1ccccc1)c1nc(C=CC(=O)Nc2ccccc2)cs1. The van der Waals surface area contributed by atoms with Crippen molar-refractivity contribution in [1.82, 2.24) is 4.98 Å². The van der Waals surface area contributed by atoms with E-state index in [1.807, 2.05) is 60.7 Å². The molecule has 2 aromatic carbocycles. The van der Waals surface area contributed by atoms with Gasteiger partial charge in [0.25, 0.3) is 0 Å². The van der Waals surface area contributed by atoms with Gasteiger partial charge in [-0.3, -0.25) is 14.5 Å². The van der Waals surface area contributed by atoms with E-state index in [4.69, 9.17) is 0 Å². The van der Waals surface area contributed by atoms with Crippen LogP contribution in [0, 0.1) is 0 Å². The molecule has 0 radical (unpaired) electrons. The van der Waals surface area contributed by atoms with Crippen molar-refractivity contribution in [3.63, 3.8) is 0 Å². The fourth-order valence-corrected chi connectivity index (χ4v) is 3.18. The quantitative estimate of drug-likeness (QED) is 0.680. The summed E-state index contributed by atoms with van der Waals surface area (Å²) < 4.78 is 0. The van der Waals surface area contributed by atoms with E-state index in [1.165, 1.54) is 24.3 Å². The average Bonchev–Trinajstić information content (AvgIpc) is 3.10. The van der Waals surface area contributed by atoms with Gasteiger partial charge in [-0.2, -0.15) is 0 Å². The van der Waals surface area contributed by atoms with E-state index in [-0.39, 0.29) is 11.8 Å². The molecule has 0 aliphatic heterocycles. The van der Waals surface area contributed by atoms with Crippen molar-refractivity contribution in [2.45, 2.75) is 6.92 Å². The highest BCUT2D eigenvalue weighted by Gasteiger charge is 2.17. The van der Waals surface area contributed by atoms with Crippen molar-refractivity contribution in [1.29, 1.82) is 0 Å². The smallest absolute Gasteiger partial charge is 0.248 e. The molecule has 0 saturated heterocycles. The Bertz CT molecular complexity index is 920. The number of thiazole rings is 1. The van der Waals surface area contributed by atoms with Crippen LogP contribution < -0.4 is 10.2 Å². The van der Waals surface area contributed by atoms with Crippen LogP contribution in [0.2, 0.25) is 0 Å². The molecule has 0 aliphatic rings. The van der Waals surface area contributed by atoms with Gasteiger partial charge in [-0.25, -0.2) is 4.98 Å². The molecule has 1 heterocycles. The molecule has 0 atom stereocenters. The van der Waals surface area contributed by atoms with Crippen molar-refractivity contribution in [2.24, 2.45) is 0 Å². The first kappa shape index (κ1) is 17.6. The van der Waals surface area contributed by atoms with Crippen LogP contribution in [0.25, 0.3) is 6.08 Å². The number of nitrogens with one attached hydrogen (secondary N) is 1. The summed E-state index contributed by atoms with van der Waals surface area (Å²) in [5.74, 6) is -0.361. The van der Waals surface area contributed by atoms with E-state index in [2.05, 4.69) is 10.3 Å². The molecule has 0 unspecified atom stereocenters. The van der Waals surface area contributed by atoms with Gasteiger partial charge in [-0.1, -0.05) is 36.4 Å². The van der Waals surface area contributed by atoms with Gasteiger partial charge < -0.3 is 5.32 Å². The van der Waals surface area contributed by atoms with E-state index < -0.39 is 0 Å². The third kappa shape index (κ3) is 4.43. The molecule has 26 heavy (non-hydrogen) atoms. The van der Waals surface area contributed by atoms with Gasteiger partial charge in [0.15, 0.2) is 5.13 Å². The fraction of sp³-hybridized carbons (Fsp3) is 0.0500. The summed E-state index contributed by atoms with van der Waals surface area (Å²) >= 11 is 1.35.